The monoisotopic (exact) mass is 483 g/mol. The Morgan fingerprint density at radius 3 is 2.33 bits per heavy atom. The number of nitrogens with two attached hydrogens (primary N) is 1. The van der Waals surface area contributed by atoms with Crippen molar-refractivity contribution in [3.05, 3.63) is 33.8 Å². The summed E-state index contributed by atoms with van der Waals surface area (Å²) in [5.74, 6) is 1.90. The van der Waals surface area contributed by atoms with Gasteiger partial charge in [-0.3, -0.25) is 9.91 Å². The van der Waals surface area contributed by atoms with Crippen LogP contribution in [0.5, 0.6) is 0 Å². The zero-order chi connectivity index (χ0) is 25.7. The van der Waals surface area contributed by atoms with Crippen LogP contribution in [0.4, 0.5) is 0 Å². The lowest BCUT2D eigenvalue weighted by atomic mass is 9.87. The van der Waals surface area contributed by atoms with Crippen LogP contribution in [-0.4, -0.2) is 48.2 Å². The Kier molecular flexibility index (Phi) is 15.7. The summed E-state index contributed by atoms with van der Waals surface area (Å²) < 4.78 is 5.49. The molecule has 3 atom stereocenters. The highest BCUT2D eigenvalue weighted by Gasteiger charge is 2.40. The zero-order valence-corrected chi connectivity index (χ0v) is 24.3. The quantitative estimate of drug-likeness (QED) is 0.201. The molecule has 0 aromatic heterocycles. The smallest absolute Gasteiger partial charge is 0.200 e. The Labute approximate surface area is 209 Å². The van der Waals surface area contributed by atoms with E-state index in [9.17, 15) is 0 Å². The zero-order valence-electron chi connectivity index (χ0n) is 23.5. The lowest BCUT2D eigenvalue weighted by molar-refractivity contribution is 0.165. The number of hydrogen-bond donors (Lipinski definition) is 3. The van der Waals surface area contributed by atoms with Crippen LogP contribution in [0.25, 0.3) is 0 Å². The molecule has 0 radical (unpaired) electrons. The second kappa shape index (κ2) is 16.3. The maximum Gasteiger partial charge on any atom is 0.200 e. The third-order valence-electron chi connectivity index (χ3n) is 5.86. The highest BCUT2D eigenvalue weighted by Crippen LogP contribution is 2.39. The largest absolute Gasteiger partial charge is 0.482 e. The topological polar surface area (TPSA) is 65.8 Å². The molecule has 0 amide bonds. The van der Waals surface area contributed by atoms with Crippen LogP contribution < -0.4 is 16.5 Å². The summed E-state index contributed by atoms with van der Waals surface area (Å²) in [7, 11) is 3.78. The van der Waals surface area contributed by atoms with E-state index in [4.69, 9.17) is 10.5 Å². The number of thioether (sulfide) groups is 1. The van der Waals surface area contributed by atoms with E-state index in [0.717, 1.165) is 28.6 Å². The van der Waals surface area contributed by atoms with E-state index in [0.29, 0.717) is 17.8 Å². The molecular weight excluding hydrogens is 430 g/mol. The van der Waals surface area contributed by atoms with E-state index in [1.807, 2.05) is 27.7 Å². The lowest BCUT2D eigenvalue weighted by Crippen LogP contribution is -2.54. The minimum Gasteiger partial charge on any atom is -0.482 e. The number of allylic oxidation sites excluding steroid dienone is 1. The fourth-order valence-electron chi connectivity index (χ4n) is 3.91. The van der Waals surface area contributed by atoms with Crippen molar-refractivity contribution in [2.45, 2.75) is 107 Å². The Hall–Kier alpha value is -1.31. The highest BCUT2D eigenvalue weighted by atomic mass is 32.2. The average Bonchev–Trinajstić information content (AvgIpc) is 3.14. The molecule has 0 bridgehead atoms. The van der Waals surface area contributed by atoms with E-state index in [-0.39, 0.29) is 12.2 Å². The van der Waals surface area contributed by atoms with Gasteiger partial charge in [0.2, 0.25) is 0 Å². The molecule has 0 aliphatic carbocycles. The summed E-state index contributed by atoms with van der Waals surface area (Å²) >= 11 is 1.73. The molecule has 0 spiro atoms. The van der Waals surface area contributed by atoms with Gasteiger partial charge in [0.1, 0.15) is 6.17 Å². The molecule has 0 aromatic carbocycles. The molecule has 0 fully saturated rings. The summed E-state index contributed by atoms with van der Waals surface area (Å²) in [5.41, 5.74) is 13.7. The molecule has 2 aliphatic rings. The van der Waals surface area contributed by atoms with Gasteiger partial charge >= 0.3 is 0 Å². The van der Waals surface area contributed by atoms with Gasteiger partial charge in [-0.25, -0.2) is 5.43 Å². The highest BCUT2D eigenvalue weighted by molar-refractivity contribution is 8.03. The van der Waals surface area contributed by atoms with Gasteiger partial charge in [0.15, 0.2) is 5.88 Å². The Bertz CT molecular complexity index is 659. The Morgan fingerprint density at radius 1 is 1.24 bits per heavy atom. The average molecular weight is 484 g/mol. The first-order chi connectivity index (χ1) is 15.7. The van der Waals surface area contributed by atoms with Crippen LogP contribution in [0.2, 0.25) is 0 Å². The van der Waals surface area contributed by atoms with Gasteiger partial charge in [0.25, 0.3) is 0 Å². The summed E-state index contributed by atoms with van der Waals surface area (Å²) in [4.78, 5) is 3.28. The predicted octanol–water partition coefficient (Wildman–Crippen LogP) is 5.97. The standard InChI is InChI=1S/C22H41N5OS.2C2H6/c1-9-11-17(10-2)18-12-15(5)25-27-19(16(6)24-22(18)27)20(21(23)28-8)29-13-26(7)14(3)4;2*1-2/h12,14-15,17,22,24-25H,9-11,13,23H2,1-8H3;2*1-2H3/b21-20+;;. The molecular formula is C26H53N5OS. The maximum absolute atomic E-state index is 6.33. The van der Waals surface area contributed by atoms with Gasteiger partial charge in [-0.2, -0.15) is 0 Å². The molecule has 2 rings (SSSR count). The molecule has 194 valence electrons. The minimum absolute atomic E-state index is 0.126. The lowest BCUT2D eigenvalue weighted by Gasteiger charge is -2.40. The fourth-order valence-corrected chi connectivity index (χ4v) is 5.16. The van der Waals surface area contributed by atoms with Crippen molar-refractivity contribution in [1.29, 1.82) is 0 Å². The Balaban J connectivity index is 0.00000242. The number of ether oxygens (including phenoxy) is 1. The number of fused-ring (bicyclic) bond motifs is 1. The van der Waals surface area contributed by atoms with Gasteiger partial charge in [0, 0.05) is 23.7 Å². The summed E-state index contributed by atoms with van der Waals surface area (Å²) in [6, 6.07) is 0.738. The molecule has 0 aromatic rings. The van der Waals surface area contributed by atoms with E-state index >= 15 is 0 Å². The molecule has 3 unspecified atom stereocenters. The first kappa shape index (κ1) is 31.7. The van der Waals surface area contributed by atoms with Crippen LogP contribution in [0.15, 0.2) is 33.8 Å². The first-order valence-corrected chi connectivity index (χ1v) is 13.8. The number of hydrazine groups is 1. The van der Waals surface area contributed by atoms with Gasteiger partial charge < -0.3 is 15.8 Å². The van der Waals surface area contributed by atoms with Crippen molar-refractivity contribution in [3.63, 3.8) is 0 Å². The van der Waals surface area contributed by atoms with E-state index in [2.05, 4.69) is 75.3 Å². The number of methoxy groups -OCH3 is 1. The number of nitrogens with one attached hydrogen (secondary N) is 2. The van der Waals surface area contributed by atoms with Crippen LogP contribution in [0, 0.1) is 5.92 Å². The van der Waals surface area contributed by atoms with Crippen LogP contribution >= 0.6 is 11.8 Å². The van der Waals surface area contributed by atoms with Crippen molar-refractivity contribution in [1.82, 2.24) is 20.7 Å². The normalized spacial score (nSPS) is 21.3. The molecule has 0 saturated heterocycles. The summed E-state index contributed by atoms with van der Waals surface area (Å²) in [6.45, 7) is 21.3. The SMILES string of the molecule is CC.CC.CCCC(CC)C1=CC(C)NN2C(/C(SCN(C)C(C)C)=C(/N)OC)=C(C)NC12. The van der Waals surface area contributed by atoms with Crippen LogP contribution in [0.1, 0.15) is 88.5 Å². The summed E-state index contributed by atoms with van der Waals surface area (Å²) in [6.07, 6.45) is 6.09. The number of hydrogen-bond acceptors (Lipinski definition) is 7. The van der Waals surface area contributed by atoms with Crippen molar-refractivity contribution in [2.24, 2.45) is 11.7 Å². The van der Waals surface area contributed by atoms with E-state index in [1.165, 1.54) is 18.4 Å². The van der Waals surface area contributed by atoms with Gasteiger partial charge in [-0.05, 0) is 59.1 Å². The van der Waals surface area contributed by atoms with Crippen molar-refractivity contribution < 1.29 is 4.74 Å². The molecule has 33 heavy (non-hydrogen) atoms. The molecule has 2 heterocycles. The third-order valence-corrected chi connectivity index (χ3v) is 7.08. The second-order valence-electron chi connectivity index (χ2n) is 8.39. The number of rotatable bonds is 10. The van der Waals surface area contributed by atoms with Gasteiger partial charge in [-0.1, -0.05) is 54.0 Å². The first-order valence-electron chi connectivity index (χ1n) is 12.9. The van der Waals surface area contributed by atoms with Crippen molar-refractivity contribution in [2.75, 3.05) is 20.0 Å². The second-order valence-corrected chi connectivity index (χ2v) is 9.35. The maximum atomic E-state index is 6.33. The number of nitrogens with zero attached hydrogens (tertiary/aromatic N) is 2. The van der Waals surface area contributed by atoms with Crippen molar-refractivity contribution in [3.8, 4) is 0 Å². The van der Waals surface area contributed by atoms with E-state index < -0.39 is 0 Å². The van der Waals surface area contributed by atoms with Crippen LogP contribution in [0.3, 0.4) is 0 Å². The third kappa shape index (κ3) is 8.45. The predicted molar refractivity (Wildman–Crippen MR) is 147 cm³/mol. The molecule has 0 saturated carbocycles. The Morgan fingerprint density at radius 2 is 1.85 bits per heavy atom. The molecule has 4 N–H and O–H groups in total. The van der Waals surface area contributed by atoms with Crippen LogP contribution in [-0.2, 0) is 4.74 Å². The fraction of sp³-hybridized carbons (Fsp3) is 0.769. The molecule has 7 heteroatoms. The molecule has 6 nitrogen and oxygen atoms in total. The van der Waals surface area contributed by atoms with Gasteiger partial charge in [-0.15, -0.1) is 11.8 Å². The summed E-state index contributed by atoms with van der Waals surface area (Å²) in [5, 5.41) is 6.00. The van der Waals surface area contributed by atoms with E-state index in [1.54, 1.807) is 18.9 Å². The van der Waals surface area contributed by atoms with Gasteiger partial charge in [0.05, 0.1) is 17.7 Å². The minimum atomic E-state index is 0.126. The molecule has 2 aliphatic heterocycles. The van der Waals surface area contributed by atoms with Crippen molar-refractivity contribution >= 4 is 11.8 Å².